The Morgan fingerprint density at radius 1 is 1.06 bits per heavy atom. The Morgan fingerprint density at radius 2 is 1.84 bits per heavy atom. The lowest BCUT2D eigenvalue weighted by Gasteiger charge is -2.29. The van der Waals surface area contributed by atoms with Crippen LogP contribution in [-0.2, 0) is 13.1 Å². The zero-order valence-electron chi connectivity index (χ0n) is 19.0. The molecule has 0 spiro atoms. The SMILES string of the molecule is CCn1c(C#CCNc2ccc(C#N)cc2)cc2cc(CNC3CCN(C)CC3)ccc21. The van der Waals surface area contributed by atoms with Gasteiger partial charge in [0, 0.05) is 35.7 Å². The molecule has 1 fully saturated rings. The van der Waals surface area contributed by atoms with Crippen LogP contribution in [0.5, 0.6) is 0 Å². The highest BCUT2D eigenvalue weighted by Gasteiger charge is 2.16. The second-order valence-electron chi connectivity index (χ2n) is 8.47. The summed E-state index contributed by atoms with van der Waals surface area (Å²) in [5, 5.41) is 17.2. The van der Waals surface area contributed by atoms with Gasteiger partial charge in [-0.1, -0.05) is 12.0 Å². The summed E-state index contributed by atoms with van der Waals surface area (Å²) in [6.45, 7) is 6.88. The Morgan fingerprint density at radius 3 is 2.56 bits per heavy atom. The molecule has 2 N–H and O–H groups in total. The predicted molar refractivity (Wildman–Crippen MR) is 131 cm³/mol. The highest BCUT2D eigenvalue weighted by molar-refractivity contribution is 5.83. The standard InChI is InChI=1S/C27H31N5/c1-3-32-26(5-4-14-29-24-9-6-21(19-28)7-10-24)18-23-17-22(8-11-27(23)32)20-30-25-12-15-31(2)16-13-25/h6-11,17-18,25,29-30H,3,12-16,20H2,1-2H3. The number of piperidine rings is 1. The summed E-state index contributed by atoms with van der Waals surface area (Å²) < 4.78 is 2.28. The van der Waals surface area contributed by atoms with Gasteiger partial charge in [-0.05, 0) is 93.9 Å². The van der Waals surface area contributed by atoms with Gasteiger partial charge in [-0.2, -0.15) is 5.26 Å². The third-order valence-corrected chi connectivity index (χ3v) is 6.21. The lowest BCUT2D eigenvalue weighted by atomic mass is 10.0. The van der Waals surface area contributed by atoms with E-state index in [1.165, 1.54) is 42.4 Å². The van der Waals surface area contributed by atoms with Gasteiger partial charge in [-0.15, -0.1) is 0 Å². The maximum Gasteiger partial charge on any atom is 0.0991 e. The molecule has 1 aliphatic heterocycles. The average molecular weight is 426 g/mol. The molecule has 2 aromatic carbocycles. The van der Waals surface area contributed by atoms with Crippen LogP contribution in [-0.4, -0.2) is 42.2 Å². The maximum atomic E-state index is 8.89. The van der Waals surface area contributed by atoms with Crippen LogP contribution in [0.4, 0.5) is 5.69 Å². The summed E-state index contributed by atoms with van der Waals surface area (Å²) in [4.78, 5) is 2.40. The Bertz CT molecular complexity index is 1150. The Labute approximate surface area is 191 Å². The fourth-order valence-corrected chi connectivity index (χ4v) is 4.29. The molecule has 2 heterocycles. The van der Waals surface area contributed by atoms with E-state index in [-0.39, 0.29) is 0 Å². The number of anilines is 1. The Kier molecular flexibility index (Phi) is 7.12. The fourth-order valence-electron chi connectivity index (χ4n) is 4.29. The number of likely N-dealkylation sites (tertiary alicyclic amines) is 1. The number of nitriles is 1. The summed E-state index contributed by atoms with van der Waals surface area (Å²) in [7, 11) is 2.20. The van der Waals surface area contributed by atoms with Crippen molar-refractivity contribution < 1.29 is 0 Å². The summed E-state index contributed by atoms with van der Waals surface area (Å²) in [5.74, 6) is 6.57. The smallest absolute Gasteiger partial charge is 0.0991 e. The van der Waals surface area contributed by atoms with Crippen molar-refractivity contribution in [1.29, 1.82) is 5.26 Å². The van der Waals surface area contributed by atoms with Crippen molar-refractivity contribution in [3.05, 3.63) is 65.4 Å². The van der Waals surface area contributed by atoms with Crippen LogP contribution in [0.2, 0.25) is 0 Å². The van der Waals surface area contributed by atoms with Crippen LogP contribution >= 0.6 is 0 Å². The molecule has 164 valence electrons. The first-order chi connectivity index (χ1) is 15.7. The number of benzene rings is 2. The second kappa shape index (κ2) is 10.4. The molecule has 0 radical (unpaired) electrons. The highest BCUT2D eigenvalue weighted by atomic mass is 15.1. The van der Waals surface area contributed by atoms with E-state index < -0.39 is 0 Å². The Hall–Kier alpha value is -3.25. The molecule has 4 rings (SSSR count). The number of nitrogens with one attached hydrogen (secondary N) is 2. The molecule has 1 aromatic heterocycles. The van der Waals surface area contributed by atoms with Gasteiger partial charge in [0.2, 0.25) is 0 Å². The van der Waals surface area contributed by atoms with Crippen molar-refractivity contribution in [3.63, 3.8) is 0 Å². The fraction of sp³-hybridized carbons (Fsp3) is 0.370. The third-order valence-electron chi connectivity index (χ3n) is 6.21. The second-order valence-corrected chi connectivity index (χ2v) is 8.47. The van der Waals surface area contributed by atoms with Crippen molar-refractivity contribution in [2.45, 2.75) is 38.9 Å². The quantitative estimate of drug-likeness (QED) is 0.582. The van der Waals surface area contributed by atoms with E-state index in [0.29, 0.717) is 18.2 Å². The summed E-state index contributed by atoms with van der Waals surface area (Å²) >= 11 is 0. The maximum absolute atomic E-state index is 8.89. The molecule has 0 amide bonds. The number of rotatable bonds is 6. The minimum Gasteiger partial charge on any atom is -0.374 e. The van der Waals surface area contributed by atoms with Crippen LogP contribution in [0.15, 0.2) is 48.5 Å². The van der Waals surface area contributed by atoms with Crippen LogP contribution in [0.25, 0.3) is 10.9 Å². The number of fused-ring (bicyclic) bond motifs is 1. The van der Waals surface area contributed by atoms with Gasteiger partial charge in [0.1, 0.15) is 0 Å². The minimum atomic E-state index is 0.558. The summed E-state index contributed by atoms with van der Waals surface area (Å²) in [5.41, 5.74) is 5.24. The van der Waals surface area contributed by atoms with E-state index in [0.717, 1.165) is 24.5 Å². The van der Waals surface area contributed by atoms with Gasteiger partial charge in [0.15, 0.2) is 0 Å². The zero-order valence-corrected chi connectivity index (χ0v) is 19.0. The normalized spacial score (nSPS) is 14.7. The lowest BCUT2D eigenvalue weighted by molar-refractivity contribution is 0.234. The molecule has 0 bridgehead atoms. The molecular weight excluding hydrogens is 394 g/mol. The number of nitrogens with zero attached hydrogens (tertiary/aromatic N) is 3. The van der Waals surface area contributed by atoms with Crippen molar-refractivity contribution in [2.24, 2.45) is 0 Å². The van der Waals surface area contributed by atoms with Gasteiger partial charge < -0.3 is 20.1 Å². The van der Waals surface area contributed by atoms with Crippen LogP contribution in [0.3, 0.4) is 0 Å². The van der Waals surface area contributed by atoms with E-state index >= 15 is 0 Å². The summed E-state index contributed by atoms with van der Waals surface area (Å²) in [6.07, 6.45) is 2.45. The largest absolute Gasteiger partial charge is 0.374 e. The topological polar surface area (TPSA) is 56.0 Å². The minimum absolute atomic E-state index is 0.558. The molecule has 0 atom stereocenters. The predicted octanol–water partition coefficient (Wildman–Crippen LogP) is 4.18. The first kappa shape index (κ1) is 22.0. The summed E-state index contributed by atoms with van der Waals surface area (Å²) in [6, 6.07) is 19.1. The van der Waals surface area contributed by atoms with E-state index in [4.69, 9.17) is 5.26 Å². The van der Waals surface area contributed by atoms with Gasteiger partial charge in [-0.3, -0.25) is 0 Å². The number of aryl methyl sites for hydroxylation is 1. The first-order valence-corrected chi connectivity index (χ1v) is 11.4. The molecule has 3 aromatic rings. The zero-order chi connectivity index (χ0) is 22.3. The lowest BCUT2D eigenvalue weighted by Crippen LogP contribution is -2.40. The third kappa shape index (κ3) is 5.32. The highest BCUT2D eigenvalue weighted by Crippen LogP contribution is 2.21. The molecule has 0 saturated carbocycles. The number of hydrogen-bond donors (Lipinski definition) is 2. The number of aromatic nitrogens is 1. The molecule has 0 unspecified atom stereocenters. The molecule has 5 nitrogen and oxygen atoms in total. The molecule has 32 heavy (non-hydrogen) atoms. The van der Waals surface area contributed by atoms with E-state index in [1.807, 2.05) is 24.3 Å². The van der Waals surface area contributed by atoms with E-state index in [9.17, 15) is 0 Å². The van der Waals surface area contributed by atoms with Gasteiger partial charge in [0.05, 0.1) is 23.9 Å². The van der Waals surface area contributed by atoms with E-state index in [2.05, 4.69) is 76.2 Å². The van der Waals surface area contributed by atoms with Crippen molar-refractivity contribution in [2.75, 3.05) is 32.0 Å². The monoisotopic (exact) mass is 425 g/mol. The number of hydrogen-bond acceptors (Lipinski definition) is 4. The van der Waals surface area contributed by atoms with Crippen molar-refractivity contribution in [1.82, 2.24) is 14.8 Å². The average Bonchev–Trinajstić information content (AvgIpc) is 3.18. The Balaban J connectivity index is 1.40. The van der Waals surface area contributed by atoms with Crippen LogP contribution in [0.1, 0.15) is 36.6 Å². The molecule has 1 saturated heterocycles. The molecular formula is C27H31N5. The van der Waals surface area contributed by atoms with Crippen LogP contribution < -0.4 is 10.6 Å². The first-order valence-electron chi connectivity index (χ1n) is 11.4. The van der Waals surface area contributed by atoms with Crippen molar-refractivity contribution >= 4 is 16.6 Å². The molecule has 0 aliphatic carbocycles. The van der Waals surface area contributed by atoms with Gasteiger partial charge in [0.25, 0.3) is 0 Å². The van der Waals surface area contributed by atoms with Gasteiger partial charge in [-0.25, -0.2) is 0 Å². The van der Waals surface area contributed by atoms with Crippen LogP contribution in [0, 0.1) is 23.2 Å². The molecule has 5 heteroatoms. The van der Waals surface area contributed by atoms with E-state index in [1.54, 1.807) is 0 Å². The van der Waals surface area contributed by atoms with Gasteiger partial charge >= 0.3 is 0 Å². The molecule has 1 aliphatic rings. The van der Waals surface area contributed by atoms with Crippen molar-refractivity contribution in [3.8, 4) is 17.9 Å².